The van der Waals surface area contributed by atoms with Crippen LogP contribution in [0.15, 0.2) is 45.8 Å². The van der Waals surface area contributed by atoms with Crippen LogP contribution < -0.4 is 5.56 Å². The van der Waals surface area contributed by atoms with Crippen LogP contribution >= 0.6 is 15.9 Å². The van der Waals surface area contributed by atoms with Gasteiger partial charge in [0.1, 0.15) is 11.6 Å². The monoisotopic (exact) mass is 302 g/mol. The van der Waals surface area contributed by atoms with Gasteiger partial charge in [0.25, 0.3) is 5.56 Å². The van der Waals surface area contributed by atoms with E-state index in [1.807, 2.05) is 43.3 Å². The van der Waals surface area contributed by atoms with Crippen molar-refractivity contribution in [1.82, 2.24) is 4.57 Å². The zero-order valence-electron chi connectivity index (χ0n) is 9.85. The molecular weight excluding hydrogens is 292 g/mol. The first-order valence-corrected chi connectivity index (χ1v) is 6.36. The topological polar surface area (TPSA) is 45.8 Å². The first-order valence-electron chi connectivity index (χ1n) is 5.57. The van der Waals surface area contributed by atoms with Gasteiger partial charge in [0.2, 0.25) is 0 Å². The van der Waals surface area contributed by atoms with Crippen molar-refractivity contribution < 1.29 is 0 Å². The molecule has 0 saturated carbocycles. The fourth-order valence-corrected chi connectivity index (χ4v) is 2.07. The minimum atomic E-state index is -0.236. The molecule has 0 amide bonds. The van der Waals surface area contributed by atoms with E-state index < -0.39 is 0 Å². The van der Waals surface area contributed by atoms with E-state index in [1.54, 1.807) is 6.20 Å². The van der Waals surface area contributed by atoms with Crippen LogP contribution in [0.4, 0.5) is 0 Å². The number of aromatic nitrogens is 1. The average Bonchev–Trinajstić information content (AvgIpc) is 2.39. The summed E-state index contributed by atoms with van der Waals surface area (Å²) in [6.45, 7) is 2.44. The summed E-state index contributed by atoms with van der Waals surface area (Å²) >= 11 is 3.36. The van der Waals surface area contributed by atoms with E-state index in [4.69, 9.17) is 5.26 Å². The number of hydrogen-bond donors (Lipinski definition) is 0. The summed E-state index contributed by atoms with van der Waals surface area (Å²) in [5.74, 6) is 0. The van der Waals surface area contributed by atoms with Gasteiger partial charge in [-0.2, -0.15) is 5.26 Å². The Morgan fingerprint density at radius 1 is 1.28 bits per heavy atom. The minimum absolute atomic E-state index is 0.196. The standard InChI is InChI=1S/C14H11BrN2O/c1-2-17-8-7-12(13(9-16)14(17)18)10-3-5-11(15)6-4-10/h3-8H,2H2,1H3. The second kappa shape index (κ2) is 5.19. The SMILES string of the molecule is CCn1ccc(-c2ccc(Br)cc2)c(C#N)c1=O. The van der Waals surface area contributed by atoms with Crippen molar-refractivity contribution in [3.05, 3.63) is 56.9 Å². The predicted octanol–water partition coefficient (Wildman–Crippen LogP) is 3.17. The highest BCUT2D eigenvalue weighted by molar-refractivity contribution is 9.10. The molecule has 1 aromatic heterocycles. The highest BCUT2D eigenvalue weighted by atomic mass is 79.9. The largest absolute Gasteiger partial charge is 0.315 e. The molecule has 2 aromatic rings. The molecule has 0 N–H and O–H groups in total. The fraction of sp³-hybridized carbons (Fsp3) is 0.143. The molecule has 90 valence electrons. The minimum Gasteiger partial charge on any atom is -0.315 e. The van der Waals surface area contributed by atoms with Gasteiger partial charge in [0, 0.05) is 22.8 Å². The molecule has 0 atom stereocenters. The van der Waals surface area contributed by atoms with Crippen LogP contribution in [0.5, 0.6) is 0 Å². The first kappa shape index (κ1) is 12.6. The van der Waals surface area contributed by atoms with Crippen LogP contribution in [0.1, 0.15) is 12.5 Å². The summed E-state index contributed by atoms with van der Waals surface area (Å²) in [5, 5.41) is 9.16. The maximum atomic E-state index is 12.0. The van der Waals surface area contributed by atoms with Crippen LogP contribution in [0.2, 0.25) is 0 Å². The Hall–Kier alpha value is -1.86. The van der Waals surface area contributed by atoms with Gasteiger partial charge in [-0.05, 0) is 30.7 Å². The lowest BCUT2D eigenvalue weighted by molar-refractivity contribution is 0.725. The Morgan fingerprint density at radius 2 is 1.94 bits per heavy atom. The lowest BCUT2D eigenvalue weighted by Gasteiger charge is -2.07. The average molecular weight is 303 g/mol. The molecule has 4 heteroatoms. The van der Waals surface area contributed by atoms with Gasteiger partial charge < -0.3 is 4.57 Å². The third-order valence-electron chi connectivity index (χ3n) is 2.77. The van der Waals surface area contributed by atoms with Gasteiger partial charge in [-0.3, -0.25) is 4.79 Å². The van der Waals surface area contributed by atoms with Crippen LogP contribution in [0.25, 0.3) is 11.1 Å². The van der Waals surface area contributed by atoms with E-state index in [-0.39, 0.29) is 11.1 Å². The molecule has 2 rings (SSSR count). The van der Waals surface area contributed by atoms with E-state index in [9.17, 15) is 4.79 Å². The second-order valence-electron chi connectivity index (χ2n) is 3.81. The normalized spacial score (nSPS) is 10.1. The zero-order valence-corrected chi connectivity index (χ0v) is 11.4. The first-order chi connectivity index (χ1) is 8.67. The molecule has 1 aromatic carbocycles. The molecule has 0 aliphatic heterocycles. The van der Waals surface area contributed by atoms with Crippen molar-refractivity contribution in [2.24, 2.45) is 0 Å². The molecular formula is C14H11BrN2O. The number of halogens is 1. The second-order valence-corrected chi connectivity index (χ2v) is 4.73. The number of benzene rings is 1. The van der Waals surface area contributed by atoms with Crippen LogP contribution in [0.3, 0.4) is 0 Å². The quantitative estimate of drug-likeness (QED) is 0.855. The number of rotatable bonds is 2. The summed E-state index contributed by atoms with van der Waals surface area (Å²) in [5.41, 5.74) is 1.51. The summed E-state index contributed by atoms with van der Waals surface area (Å²) in [6, 6.07) is 11.4. The third kappa shape index (κ3) is 2.22. The Labute approximate surface area is 113 Å². The number of hydrogen-bond acceptors (Lipinski definition) is 2. The van der Waals surface area contributed by atoms with E-state index >= 15 is 0 Å². The summed E-state index contributed by atoms with van der Waals surface area (Å²) < 4.78 is 2.49. The van der Waals surface area contributed by atoms with E-state index in [0.29, 0.717) is 12.1 Å². The van der Waals surface area contributed by atoms with Crippen LogP contribution in [-0.4, -0.2) is 4.57 Å². The highest BCUT2D eigenvalue weighted by Gasteiger charge is 2.10. The summed E-state index contributed by atoms with van der Waals surface area (Å²) in [6.07, 6.45) is 1.72. The van der Waals surface area contributed by atoms with Gasteiger partial charge in [-0.15, -0.1) is 0 Å². The maximum Gasteiger partial charge on any atom is 0.269 e. The van der Waals surface area contributed by atoms with Crippen molar-refractivity contribution in [1.29, 1.82) is 5.26 Å². The fourth-order valence-electron chi connectivity index (χ4n) is 1.80. The molecule has 0 radical (unpaired) electrons. The smallest absolute Gasteiger partial charge is 0.269 e. The third-order valence-corrected chi connectivity index (χ3v) is 3.30. The molecule has 0 bridgehead atoms. The van der Waals surface area contributed by atoms with Crippen molar-refractivity contribution in [2.75, 3.05) is 0 Å². The van der Waals surface area contributed by atoms with Gasteiger partial charge in [0.05, 0.1) is 0 Å². The molecule has 0 saturated heterocycles. The van der Waals surface area contributed by atoms with E-state index in [1.165, 1.54) is 4.57 Å². The summed E-state index contributed by atoms with van der Waals surface area (Å²) in [7, 11) is 0. The van der Waals surface area contributed by atoms with E-state index in [2.05, 4.69) is 15.9 Å². The lowest BCUT2D eigenvalue weighted by Crippen LogP contribution is -2.21. The Morgan fingerprint density at radius 3 is 2.50 bits per heavy atom. The lowest BCUT2D eigenvalue weighted by atomic mass is 10.0. The number of nitriles is 1. The molecule has 1 heterocycles. The Balaban J connectivity index is 2.66. The van der Waals surface area contributed by atoms with Crippen molar-refractivity contribution >= 4 is 15.9 Å². The molecule has 0 spiro atoms. The summed E-state index contributed by atoms with van der Waals surface area (Å²) in [4.78, 5) is 12.0. The predicted molar refractivity (Wildman–Crippen MR) is 74.2 cm³/mol. The number of pyridine rings is 1. The molecule has 0 aliphatic carbocycles. The van der Waals surface area contributed by atoms with Crippen LogP contribution in [-0.2, 0) is 6.54 Å². The Kier molecular flexibility index (Phi) is 3.63. The maximum absolute atomic E-state index is 12.0. The van der Waals surface area contributed by atoms with Crippen molar-refractivity contribution in [3.63, 3.8) is 0 Å². The van der Waals surface area contributed by atoms with Gasteiger partial charge in [0.15, 0.2) is 0 Å². The molecule has 0 fully saturated rings. The molecule has 0 aliphatic rings. The Bertz CT molecular complexity index is 666. The van der Waals surface area contributed by atoms with Gasteiger partial charge in [-0.1, -0.05) is 28.1 Å². The molecule has 18 heavy (non-hydrogen) atoms. The molecule has 0 unspecified atom stereocenters. The number of nitrogens with zero attached hydrogens (tertiary/aromatic N) is 2. The number of aryl methyl sites for hydroxylation is 1. The van der Waals surface area contributed by atoms with Crippen molar-refractivity contribution in [3.8, 4) is 17.2 Å². The van der Waals surface area contributed by atoms with E-state index in [0.717, 1.165) is 10.0 Å². The zero-order chi connectivity index (χ0) is 13.1. The molecule has 3 nitrogen and oxygen atoms in total. The van der Waals surface area contributed by atoms with Gasteiger partial charge in [-0.25, -0.2) is 0 Å². The van der Waals surface area contributed by atoms with Gasteiger partial charge >= 0.3 is 0 Å². The highest BCUT2D eigenvalue weighted by Crippen LogP contribution is 2.23. The van der Waals surface area contributed by atoms with Crippen molar-refractivity contribution in [2.45, 2.75) is 13.5 Å². The van der Waals surface area contributed by atoms with Crippen LogP contribution in [0, 0.1) is 11.3 Å².